The first-order valence-electron chi connectivity index (χ1n) is 7.26. The molecule has 1 saturated heterocycles. The average Bonchev–Trinajstić information content (AvgIpc) is 2.47. The highest BCUT2D eigenvalue weighted by atomic mass is 35.5. The van der Waals surface area contributed by atoms with Gasteiger partial charge in [0.25, 0.3) is 0 Å². The second-order valence-electron chi connectivity index (χ2n) is 5.57. The maximum Gasteiger partial charge on any atom is 0.323 e. The average molecular weight is 360 g/mol. The van der Waals surface area contributed by atoms with Gasteiger partial charge in [-0.15, -0.1) is 0 Å². The van der Waals surface area contributed by atoms with Gasteiger partial charge in [0.2, 0.25) is 5.91 Å². The topological polar surface area (TPSA) is 91.8 Å². The lowest BCUT2D eigenvalue weighted by Crippen LogP contribution is -2.46. The number of carbonyl (C=O) groups is 2. The Labute approximate surface area is 140 Å². The van der Waals surface area contributed by atoms with Gasteiger partial charge in [-0.25, -0.2) is 8.42 Å². The smallest absolute Gasteiger partial charge is 0.323 e. The van der Waals surface area contributed by atoms with E-state index in [1.165, 1.54) is 0 Å². The molecule has 1 atom stereocenters. The van der Waals surface area contributed by atoms with Gasteiger partial charge in [-0.3, -0.25) is 9.59 Å². The molecule has 1 heterocycles. The Balaban J connectivity index is 2.21. The number of sulfone groups is 1. The van der Waals surface area contributed by atoms with Gasteiger partial charge in [0.15, 0.2) is 9.84 Å². The molecule has 126 valence electrons. The number of aliphatic carboxylic acids is 1. The van der Waals surface area contributed by atoms with Gasteiger partial charge in [0, 0.05) is 11.6 Å². The van der Waals surface area contributed by atoms with Crippen molar-refractivity contribution in [3.63, 3.8) is 0 Å². The molecule has 1 aromatic carbocycles. The Bertz CT molecular complexity index is 686. The van der Waals surface area contributed by atoms with Crippen molar-refractivity contribution in [1.82, 2.24) is 4.90 Å². The number of carbonyl (C=O) groups excluding carboxylic acids is 1. The van der Waals surface area contributed by atoms with Gasteiger partial charge in [0.1, 0.15) is 11.8 Å². The summed E-state index contributed by atoms with van der Waals surface area (Å²) in [6, 6.07) is 6.63. The Hall–Kier alpha value is -1.60. The molecule has 1 aromatic rings. The van der Waals surface area contributed by atoms with Crippen LogP contribution in [0.4, 0.5) is 0 Å². The number of halogens is 1. The van der Waals surface area contributed by atoms with Crippen LogP contribution in [0.2, 0.25) is 5.02 Å². The van der Waals surface area contributed by atoms with Crippen molar-refractivity contribution in [3.05, 3.63) is 34.9 Å². The molecule has 1 aliphatic rings. The maximum absolute atomic E-state index is 12.6. The minimum atomic E-state index is -3.51. The number of hydrogen-bond acceptors (Lipinski definition) is 4. The molecule has 1 fully saturated rings. The number of nitrogens with zero attached hydrogens (tertiary/aromatic N) is 1. The third-order valence-electron chi connectivity index (χ3n) is 3.78. The molecule has 0 bridgehead atoms. The third-order valence-corrected chi connectivity index (χ3v) is 6.19. The normalized spacial score (nSPS) is 20.0. The summed E-state index contributed by atoms with van der Waals surface area (Å²) in [6.07, 6.45) is 1.44. The van der Waals surface area contributed by atoms with E-state index in [2.05, 4.69) is 0 Å². The zero-order chi connectivity index (χ0) is 17.0. The molecule has 0 saturated carbocycles. The number of benzene rings is 1. The summed E-state index contributed by atoms with van der Waals surface area (Å²) in [5, 5.41) is 8.41. The first-order chi connectivity index (χ1) is 10.8. The van der Waals surface area contributed by atoms with E-state index in [9.17, 15) is 18.0 Å². The molecule has 6 nitrogen and oxygen atoms in total. The molecule has 0 aromatic heterocycles. The Kier molecular flexibility index (Phi) is 5.64. The van der Waals surface area contributed by atoms with Crippen molar-refractivity contribution in [2.75, 3.05) is 12.3 Å². The fraction of sp³-hybridized carbons (Fsp3) is 0.467. The number of rotatable bonds is 5. The van der Waals surface area contributed by atoms with Crippen molar-refractivity contribution in [3.8, 4) is 0 Å². The van der Waals surface area contributed by atoms with Crippen molar-refractivity contribution < 1.29 is 23.1 Å². The largest absolute Gasteiger partial charge is 0.480 e. The SMILES string of the molecule is O=C(O)CN(Cc1ccc(Cl)cc1)C(=O)C1CCCCS1(=O)=O. The van der Waals surface area contributed by atoms with Crippen LogP contribution in [0.25, 0.3) is 0 Å². The van der Waals surface area contributed by atoms with Gasteiger partial charge in [0.05, 0.1) is 5.75 Å². The molecule has 0 aliphatic carbocycles. The van der Waals surface area contributed by atoms with Crippen molar-refractivity contribution in [2.24, 2.45) is 0 Å². The Morgan fingerprint density at radius 1 is 1.22 bits per heavy atom. The van der Waals surface area contributed by atoms with Crippen LogP contribution in [-0.2, 0) is 26.0 Å². The maximum atomic E-state index is 12.6. The standard InChI is InChI=1S/C15H18ClNO5S/c16-12-6-4-11(5-7-12)9-17(10-14(18)19)15(20)13-3-1-2-8-23(13,21)22/h4-7,13H,1-3,8-10H2,(H,18,19). The lowest BCUT2D eigenvalue weighted by Gasteiger charge is -2.28. The Morgan fingerprint density at radius 3 is 2.43 bits per heavy atom. The monoisotopic (exact) mass is 359 g/mol. The van der Waals surface area contributed by atoms with Gasteiger partial charge in [-0.05, 0) is 30.5 Å². The summed E-state index contributed by atoms with van der Waals surface area (Å²) in [5.41, 5.74) is 0.692. The van der Waals surface area contributed by atoms with Crippen LogP contribution >= 0.6 is 11.6 Å². The minimum absolute atomic E-state index is 0.0226. The lowest BCUT2D eigenvalue weighted by atomic mass is 10.1. The molecule has 0 spiro atoms. The predicted molar refractivity (Wildman–Crippen MR) is 85.9 cm³/mol. The van der Waals surface area contributed by atoms with E-state index in [-0.39, 0.29) is 18.7 Å². The van der Waals surface area contributed by atoms with E-state index in [0.29, 0.717) is 23.4 Å². The van der Waals surface area contributed by atoms with Crippen LogP contribution in [0.15, 0.2) is 24.3 Å². The molecule has 0 radical (unpaired) electrons. The molecule has 1 aliphatic heterocycles. The van der Waals surface area contributed by atoms with E-state index >= 15 is 0 Å². The Morgan fingerprint density at radius 2 is 1.87 bits per heavy atom. The van der Waals surface area contributed by atoms with Crippen LogP contribution < -0.4 is 0 Å². The quantitative estimate of drug-likeness (QED) is 0.864. The van der Waals surface area contributed by atoms with Crippen molar-refractivity contribution >= 4 is 33.3 Å². The molecular weight excluding hydrogens is 342 g/mol. The molecule has 23 heavy (non-hydrogen) atoms. The summed E-state index contributed by atoms with van der Waals surface area (Å²) >= 11 is 5.80. The fourth-order valence-electron chi connectivity index (χ4n) is 2.62. The summed E-state index contributed by atoms with van der Waals surface area (Å²) in [7, 11) is -3.51. The van der Waals surface area contributed by atoms with E-state index in [0.717, 1.165) is 4.90 Å². The molecule has 8 heteroatoms. The highest BCUT2D eigenvalue weighted by molar-refractivity contribution is 7.92. The van der Waals surface area contributed by atoms with Crippen LogP contribution in [0.1, 0.15) is 24.8 Å². The molecule has 2 rings (SSSR count). The van der Waals surface area contributed by atoms with Gasteiger partial charge in [-0.1, -0.05) is 30.2 Å². The van der Waals surface area contributed by atoms with E-state index in [1.54, 1.807) is 24.3 Å². The molecule has 1 unspecified atom stereocenters. The van der Waals surface area contributed by atoms with E-state index < -0.39 is 33.5 Å². The second-order valence-corrected chi connectivity index (χ2v) is 8.31. The number of amides is 1. The minimum Gasteiger partial charge on any atom is -0.480 e. The first kappa shape index (κ1) is 17.7. The van der Waals surface area contributed by atoms with Crippen molar-refractivity contribution in [1.29, 1.82) is 0 Å². The number of carboxylic acid groups (broad SMARTS) is 1. The summed E-state index contributed by atoms with van der Waals surface area (Å²) in [5.74, 6) is -1.84. The van der Waals surface area contributed by atoms with Gasteiger partial charge in [-0.2, -0.15) is 0 Å². The van der Waals surface area contributed by atoms with Crippen LogP contribution in [0.3, 0.4) is 0 Å². The molecular formula is C15H18ClNO5S. The third kappa shape index (κ3) is 4.68. The zero-order valence-corrected chi connectivity index (χ0v) is 14.0. The number of carboxylic acids is 1. The highest BCUT2D eigenvalue weighted by Gasteiger charge is 2.37. The number of hydrogen-bond donors (Lipinski definition) is 1. The van der Waals surface area contributed by atoms with Crippen molar-refractivity contribution in [2.45, 2.75) is 31.1 Å². The summed E-state index contributed by atoms with van der Waals surface area (Å²) < 4.78 is 24.2. The van der Waals surface area contributed by atoms with Crippen LogP contribution in [-0.4, -0.2) is 47.8 Å². The second kappa shape index (κ2) is 7.31. The highest BCUT2D eigenvalue weighted by Crippen LogP contribution is 2.22. The van der Waals surface area contributed by atoms with Gasteiger partial charge >= 0.3 is 5.97 Å². The zero-order valence-electron chi connectivity index (χ0n) is 12.4. The van der Waals surface area contributed by atoms with Crippen LogP contribution in [0, 0.1) is 0 Å². The summed E-state index contributed by atoms with van der Waals surface area (Å²) in [4.78, 5) is 24.7. The first-order valence-corrected chi connectivity index (χ1v) is 9.35. The van der Waals surface area contributed by atoms with Crippen LogP contribution in [0.5, 0.6) is 0 Å². The summed E-state index contributed by atoms with van der Waals surface area (Å²) in [6.45, 7) is -0.498. The molecule has 1 amide bonds. The fourth-order valence-corrected chi connectivity index (χ4v) is 4.62. The van der Waals surface area contributed by atoms with Gasteiger partial charge < -0.3 is 10.0 Å². The van der Waals surface area contributed by atoms with E-state index in [1.807, 2.05) is 0 Å². The lowest BCUT2D eigenvalue weighted by molar-refractivity contribution is -0.144. The van der Waals surface area contributed by atoms with E-state index in [4.69, 9.17) is 16.7 Å². The predicted octanol–water partition coefficient (Wildman–Crippen LogP) is 1.72. The molecule has 1 N–H and O–H groups in total.